The highest BCUT2D eigenvalue weighted by molar-refractivity contribution is 5.95. The van der Waals surface area contributed by atoms with Gasteiger partial charge in [0.05, 0.1) is 23.0 Å². The van der Waals surface area contributed by atoms with Crippen molar-refractivity contribution in [3.63, 3.8) is 0 Å². The van der Waals surface area contributed by atoms with E-state index in [1.165, 1.54) is 0 Å². The number of carbonyl (C=O) groups is 1. The highest BCUT2D eigenvalue weighted by atomic mass is 35.5. The molecule has 1 N–H and O–H groups in total. The Morgan fingerprint density at radius 2 is 2.14 bits per heavy atom. The standard InChI is InChI=1S/C16H28N4O.ClH/c1-6-14-13(10-18-20(14)16(2,3)4)15(21)19-9-7-8-12(11-19)17-5;/h10,12,17H,6-9,11H2,1-5H3;1H. The molecule has 2 heterocycles. The summed E-state index contributed by atoms with van der Waals surface area (Å²) in [6, 6.07) is 0.408. The van der Waals surface area contributed by atoms with Crippen LogP contribution in [0.2, 0.25) is 0 Å². The number of aromatic nitrogens is 2. The Hall–Kier alpha value is -1.07. The van der Waals surface area contributed by atoms with Crippen LogP contribution in [-0.4, -0.2) is 46.8 Å². The minimum absolute atomic E-state index is 0. The van der Waals surface area contributed by atoms with E-state index in [9.17, 15) is 4.79 Å². The van der Waals surface area contributed by atoms with Crippen molar-refractivity contribution >= 4 is 18.3 Å². The Kier molecular flexibility index (Phi) is 6.44. The van der Waals surface area contributed by atoms with Crippen LogP contribution in [0.25, 0.3) is 0 Å². The molecule has 0 bridgehead atoms. The first-order chi connectivity index (χ1) is 9.88. The molecule has 5 nitrogen and oxygen atoms in total. The molecule has 0 spiro atoms. The molecule has 1 unspecified atom stereocenters. The lowest BCUT2D eigenvalue weighted by Gasteiger charge is -2.32. The molecule has 1 aromatic rings. The van der Waals surface area contributed by atoms with Crippen molar-refractivity contribution in [2.24, 2.45) is 0 Å². The normalized spacial score (nSPS) is 19.0. The van der Waals surface area contributed by atoms with Gasteiger partial charge in [-0.2, -0.15) is 5.10 Å². The van der Waals surface area contributed by atoms with Gasteiger partial charge in [0.15, 0.2) is 0 Å². The molecule has 0 aliphatic carbocycles. The molecule has 1 aliphatic rings. The number of nitrogens with one attached hydrogen (secondary N) is 1. The summed E-state index contributed by atoms with van der Waals surface area (Å²) in [6.07, 6.45) is 4.77. The Morgan fingerprint density at radius 1 is 1.45 bits per heavy atom. The molecule has 1 fully saturated rings. The zero-order chi connectivity index (χ0) is 15.6. The topological polar surface area (TPSA) is 50.2 Å². The summed E-state index contributed by atoms with van der Waals surface area (Å²) in [6.45, 7) is 10.1. The molecule has 126 valence electrons. The zero-order valence-corrected chi connectivity index (χ0v) is 15.2. The van der Waals surface area contributed by atoms with Crippen LogP contribution in [0.1, 0.15) is 56.6 Å². The number of nitrogens with zero attached hydrogens (tertiary/aromatic N) is 3. The van der Waals surface area contributed by atoms with Crippen molar-refractivity contribution in [2.75, 3.05) is 20.1 Å². The van der Waals surface area contributed by atoms with E-state index in [2.05, 4.69) is 38.1 Å². The number of carbonyl (C=O) groups excluding carboxylic acids is 1. The van der Waals surface area contributed by atoms with Crippen molar-refractivity contribution < 1.29 is 4.79 Å². The fourth-order valence-electron chi connectivity index (χ4n) is 3.04. The second kappa shape index (κ2) is 7.47. The molecule has 22 heavy (non-hydrogen) atoms. The van der Waals surface area contributed by atoms with Crippen molar-refractivity contribution in [3.8, 4) is 0 Å². The Bertz CT molecular complexity index is 507. The van der Waals surface area contributed by atoms with Gasteiger partial charge in [-0.1, -0.05) is 6.92 Å². The van der Waals surface area contributed by atoms with Crippen molar-refractivity contribution in [1.29, 1.82) is 0 Å². The van der Waals surface area contributed by atoms with Crippen molar-refractivity contribution in [2.45, 2.75) is 58.5 Å². The van der Waals surface area contributed by atoms with Gasteiger partial charge in [0.2, 0.25) is 0 Å². The maximum Gasteiger partial charge on any atom is 0.257 e. The third kappa shape index (κ3) is 3.82. The third-order valence-electron chi connectivity index (χ3n) is 4.19. The lowest BCUT2D eigenvalue weighted by Crippen LogP contribution is -2.47. The minimum Gasteiger partial charge on any atom is -0.337 e. The Balaban J connectivity index is 0.00000242. The SMILES string of the molecule is CCc1c(C(=O)N2CCCC(NC)C2)cnn1C(C)(C)C.Cl. The summed E-state index contributed by atoms with van der Waals surface area (Å²) in [5.74, 6) is 0.127. The van der Waals surface area contributed by atoms with E-state index in [4.69, 9.17) is 0 Å². The summed E-state index contributed by atoms with van der Waals surface area (Å²) in [4.78, 5) is 14.8. The van der Waals surface area contributed by atoms with Crippen LogP contribution < -0.4 is 5.32 Å². The van der Waals surface area contributed by atoms with Crippen molar-refractivity contribution in [3.05, 3.63) is 17.5 Å². The molecule has 6 heteroatoms. The lowest BCUT2D eigenvalue weighted by atomic mass is 10.0. The first-order valence-corrected chi connectivity index (χ1v) is 7.92. The molecular weight excluding hydrogens is 300 g/mol. The molecule has 1 amide bonds. The van der Waals surface area contributed by atoms with E-state index in [1.807, 2.05) is 16.6 Å². The van der Waals surface area contributed by atoms with Gasteiger partial charge in [0.25, 0.3) is 5.91 Å². The van der Waals surface area contributed by atoms with Gasteiger partial charge in [-0.15, -0.1) is 12.4 Å². The summed E-state index contributed by atoms with van der Waals surface area (Å²) < 4.78 is 1.99. The number of likely N-dealkylation sites (tertiary alicyclic amines) is 1. The molecule has 1 aliphatic heterocycles. The monoisotopic (exact) mass is 328 g/mol. The number of halogens is 1. The predicted molar refractivity (Wildman–Crippen MR) is 91.8 cm³/mol. The minimum atomic E-state index is -0.0979. The van der Waals surface area contributed by atoms with Gasteiger partial charge in [-0.05, 0) is 47.1 Å². The fraction of sp³-hybridized carbons (Fsp3) is 0.750. The zero-order valence-electron chi connectivity index (χ0n) is 14.3. The summed E-state index contributed by atoms with van der Waals surface area (Å²) in [5, 5.41) is 7.75. The van der Waals surface area contributed by atoms with Gasteiger partial charge >= 0.3 is 0 Å². The number of rotatable bonds is 3. The second-order valence-electron chi connectivity index (χ2n) is 6.82. The summed E-state index contributed by atoms with van der Waals surface area (Å²) >= 11 is 0. The largest absolute Gasteiger partial charge is 0.337 e. The Labute approximate surface area is 139 Å². The highest BCUT2D eigenvalue weighted by Gasteiger charge is 2.28. The highest BCUT2D eigenvalue weighted by Crippen LogP contribution is 2.22. The van der Waals surface area contributed by atoms with Crippen LogP contribution in [-0.2, 0) is 12.0 Å². The number of hydrogen-bond acceptors (Lipinski definition) is 3. The molecule has 2 rings (SSSR count). The van der Waals surface area contributed by atoms with Crippen LogP contribution in [0.3, 0.4) is 0 Å². The van der Waals surface area contributed by atoms with Gasteiger partial charge in [-0.3, -0.25) is 9.48 Å². The second-order valence-corrected chi connectivity index (χ2v) is 6.82. The van der Waals surface area contributed by atoms with Crippen LogP contribution in [0.4, 0.5) is 0 Å². The predicted octanol–water partition coefficient (Wildman–Crippen LogP) is 2.45. The fourth-order valence-corrected chi connectivity index (χ4v) is 3.04. The molecule has 1 atom stereocenters. The van der Waals surface area contributed by atoms with E-state index in [1.54, 1.807) is 6.20 Å². The number of amides is 1. The quantitative estimate of drug-likeness (QED) is 0.927. The molecule has 1 saturated heterocycles. The molecule has 0 saturated carbocycles. The lowest BCUT2D eigenvalue weighted by molar-refractivity contribution is 0.0696. The van der Waals surface area contributed by atoms with Gasteiger partial charge in [0, 0.05) is 19.1 Å². The van der Waals surface area contributed by atoms with Crippen LogP contribution in [0, 0.1) is 0 Å². The summed E-state index contributed by atoms with van der Waals surface area (Å²) in [5.41, 5.74) is 1.71. The first-order valence-electron chi connectivity index (χ1n) is 7.92. The number of piperidine rings is 1. The van der Waals surface area contributed by atoms with Crippen molar-refractivity contribution in [1.82, 2.24) is 20.0 Å². The number of likely N-dealkylation sites (N-methyl/N-ethyl adjacent to an activating group) is 1. The average molecular weight is 329 g/mol. The molecule has 0 aromatic carbocycles. The first kappa shape index (κ1) is 19.0. The van der Waals surface area contributed by atoms with Crippen LogP contribution in [0.5, 0.6) is 0 Å². The summed E-state index contributed by atoms with van der Waals surface area (Å²) in [7, 11) is 1.97. The smallest absolute Gasteiger partial charge is 0.257 e. The third-order valence-corrected chi connectivity index (χ3v) is 4.19. The van der Waals surface area contributed by atoms with Gasteiger partial charge in [0.1, 0.15) is 0 Å². The number of hydrogen-bond donors (Lipinski definition) is 1. The van der Waals surface area contributed by atoms with Crippen LogP contribution >= 0.6 is 12.4 Å². The molecule has 1 aromatic heterocycles. The van der Waals surface area contributed by atoms with E-state index < -0.39 is 0 Å². The van der Waals surface area contributed by atoms with E-state index in [0.717, 1.165) is 43.6 Å². The van der Waals surface area contributed by atoms with E-state index in [-0.39, 0.29) is 23.9 Å². The molecule has 0 radical (unpaired) electrons. The maximum atomic E-state index is 12.8. The van der Waals surface area contributed by atoms with Gasteiger partial charge < -0.3 is 10.2 Å². The Morgan fingerprint density at radius 3 is 2.68 bits per heavy atom. The molecular formula is C16H29ClN4O. The van der Waals surface area contributed by atoms with E-state index in [0.29, 0.717) is 6.04 Å². The van der Waals surface area contributed by atoms with Gasteiger partial charge in [-0.25, -0.2) is 0 Å². The van der Waals surface area contributed by atoms with E-state index >= 15 is 0 Å². The average Bonchev–Trinajstić information content (AvgIpc) is 2.90. The maximum absolute atomic E-state index is 12.8. The van der Waals surface area contributed by atoms with Crippen LogP contribution in [0.15, 0.2) is 6.20 Å².